The van der Waals surface area contributed by atoms with Gasteiger partial charge in [0, 0.05) is 19.5 Å². The average molecular weight is 299 g/mol. The van der Waals surface area contributed by atoms with Crippen LogP contribution in [0.3, 0.4) is 0 Å². The maximum absolute atomic E-state index is 4.55. The summed E-state index contributed by atoms with van der Waals surface area (Å²) in [4.78, 5) is 9.09. The Hall–Kier alpha value is -1.73. The van der Waals surface area contributed by atoms with Crippen molar-refractivity contribution < 1.29 is 19.5 Å². The van der Waals surface area contributed by atoms with E-state index in [9.17, 15) is 0 Å². The third kappa shape index (κ3) is 2.82. The molecule has 2 aromatic carbocycles. The second-order valence-corrected chi connectivity index (χ2v) is 4.20. The molecule has 0 saturated carbocycles. The zero-order valence-electron chi connectivity index (χ0n) is 10.9. The summed E-state index contributed by atoms with van der Waals surface area (Å²) in [6, 6.07) is 20.4. The molecule has 2 nitrogen and oxygen atoms in total. The van der Waals surface area contributed by atoms with Crippen LogP contribution in [0.2, 0.25) is 0 Å². The van der Waals surface area contributed by atoms with Crippen molar-refractivity contribution in [1.82, 2.24) is 9.97 Å². The van der Waals surface area contributed by atoms with E-state index in [1.165, 1.54) is 0 Å². The average Bonchev–Trinajstić information content (AvgIpc) is 2.83. The van der Waals surface area contributed by atoms with Crippen molar-refractivity contribution in [3.63, 3.8) is 0 Å². The molecule has 3 aromatic rings. The van der Waals surface area contributed by atoms with Crippen molar-refractivity contribution in [3.05, 3.63) is 66.5 Å². The van der Waals surface area contributed by atoms with Crippen molar-refractivity contribution in [2.75, 3.05) is 0 Å². The van der Waals surface area contributed by atoms with Gasteiger partial charge >= 0.3 is 0 Å². The summed E-state index contributed by atoms with van der Waals surface area (Å²) in [6.45, 7) is 1.93. The molecule has 1 heterocycles. The molecule has 0 unspecified atom stereocenters. The molecule has 3 rings (SSSR count). The van der Waals surface area contributed by atoms with Gasteiger partial charge in [-0.25, -0.2) is 0 Å². The van der Waals surface area contributed by atoms with Crippen molar-refractivity contribution in [1.29, 1.82) is 0 Å². The van der Waals surface area contributed by atoms with Crippen molar-refractivity contribution in [3.8, 4) is 22.5 Å². The summed E-state index contributed by atoms with van der Waals surface area (Å²) in [5, 5.41) is 0. The molecule has 0 spiro atoms. The predicted octanol–water partition coefficient (Wildman–Crippen LogP) is 3.68. The fourth-order valence-electron chi connectivity index (χ4n) is 2.05. The van der Waals surface area contributed by atoms with Gasteiger partial charge in [0.15, 0.2) is 0 Å². The SMILES string of the molecule is Cc1nc(-c2ccccc2)c(-c2ccccc2)[n-]1.[Zn]. The molecule has 0 amide bonds. The molecule has 0 N–H and O–H groups in total. The Morgan fingerprint density at radius 1 is 0.789 bits per heavy atom. The molecule has 0 aliphatic carbocycles. The Kier molecular flexibility index (Phi) is 4.29. The van der Waals surface area contributed by atoms with Crippen molar-refractivity contribution in [2.45, 2.75) is 6.92 Å². The Morgan fingerprint density at radius 3 is 1.89 bits per heavy atom. The van der Waals surface area contributed by atoms with Crippen LogP contribution in [0.1, 0.15) is 5.82 Å². The number of rotatable bonds is 2. The van der Waals surface area contributed by atoms with Crippen molar-refractivity contribution >= 4 is 0 Å². The smallest absolute Gasteiger partial charge is 0 e. The van der Waals surface area contributed by atoms with Gasteiger partial charge in [0.1, 0.15) is 0 Å². The van der Waals surface area contributed by atoms with Gasteiger partial charge in [-0.1, -0.05) is 66.5 Å². The Labute approximate surface area is 125 Å². The number of imidazole rings is 1. The topological polar surface area (TPSA) is 27.0 Å². The summed E-state index contributed by atoms with van der Waals surface area (Å²) >= 11 is 0. The molecule has 0 radical (unpaired) electrons. The van der Waals surface area contributed by atoms with E-state index in [2.05, 4.69) is 34.2 Å². The molecule has 0 fully saturated rings. The molecule has 1 aromatic heterocycles. The maximum atomic E-state index is 4.55. The molecule has 0 aliphatic heterocycles. The fraction of sp³-hybridized carbons (Fsp3) is 0.0625. The van der Waals surface area contributed by atoms with E-state index in [-0.39, 0.29) is 19.5 Å². The molecule has 90 valence electrons. The standard InChI is InChI=1S/C16H13N2.Zn/c1-12-17-15(13-8-4-2-5-9-13)16(18-12)14-10-6-3-7-11-14;/h2-11H,1H3;/q-1;. The van der Waals surface area contributed by atoms with Crippen LogP contribution in [-0.2, 0) is 19.5 Å². The zero-order chi connectivity index (χ0) is 12.4. The summed E-state index contributed by atoms with van der Waals surface area (Å²) < 4.78 is 0. The molecule has 0 saturated heterocycles. The van der Waals surface area contributed by atoms with E-state index in [0.717, 1.165) is 28.3 Å². The first-order valence-corrected chi connectivity index (χ1v) is 5.97. The molecular formula is C16H13N2Zn-. The van der Waals surface area contributed by atoms with Crippen LogP contribution in [-0.4, -0.2) is 4.98 Å². The monoisotopic (exact) mass is 297 g/mol. The predicted molar refractivity (Wildman–Crippen MR) is 73.2 cm³/mol. The van der Waals surface area contributed by atoms with Gasteiger partial charge in [0.25, 0.3) is 0 Å². The van der Waals surface area contributed by atoms with Crippen molar-refractivity contribution in [2.24, 2.45) is 0 Å². The van der Waals surface area contributed by atoms with Gasteiger partial charge in [-0.05, 0) is 29.4 Å². The third-order valence-electron chi connectivity index (χ3n) is 2.87. The van der Waals surface area contributed by atoms with E-state index in [1.54, 1.807) is 0 Å². The molecule has 19 heavy (non-hydrogen) atoms. The second kappa shape index (κ2) is 5.94. The summed E-state index contributed by atoms with van der Waals surface area (Å²) in [5.74, 6) is 0.813. The molecular weight excluding hydrogens is 286 g/mol. The molecule has 0 bridgehead atoms. The maximum Gasteiger partial charge on any atom is 0 e. The molecule has 0 atom stereocenters. The number of aryl methyl sites for hydroxylation is 1. The quantitative estimate of drug-likeness (QED) is 0.675. The minimum absolute atomic E-state index is 0. The first-order valence-electron chi connectivity index (χ1n) is 5.97. The van der Waals surface area contributed by atoms with Gasteiger partial charge in [-0.15, -0.1) is 0 Å². The van der Waals surface area contributed by atoms with Crippen LogP contribution in [0.5, 0.6) is 0 Å². The normalized spacial score (nSPS) is 9.95. The summed E-state index contributed by atoms with van der Waals surface area (Å²) in [5.41, 5.74) is 4.13. The van der Waals surface area contributed by atoms with E-state index < -0.39 is 0 Å². The number of hydrogen-bond donors (Lipinski definition) is 0. The molecule has 0 aliphatic rings. The van der Waals surface area contributed by atoms with Crippen LogP contribution in [0.4, 0.5) is 0 Å². The summed E-state index contributed by atoms with van der Waals surface area (Å²) in [6.07, 6.45) is 0. The Bertz CT molecular complexity index is 588. The van der Waals surface area contributed by atoms with Gasteiger partial charge in [-0.2, -0.15) is 0 Å². The summed E-state index contributed by atoms with van der Waals surface area (Å²) in [7, 11) is 0. The van der Waals surface area contributed by atoms with Crippen LogP contribution in [0.25, 0.3) is 22.5 Å². The Morgan fingerprint density at radius 2 is 1.32 bits per heavy atom. The minimum atomic E-state index is 0. The van der Waals surface area contributed by atoms with E-state index in [0.29, 0.717) is 0 Å². The second-order valence-electron chi connectivity index (χ2n) is 4.20. The van der Waals surface area contributed by atoms with Crippen LogP contribution in [0, 0.1) is 6.92 Å². The zero-order valence-corrected chi connectivity index (χ0v) is 13.8. The number of aromatic nitrogens is 2. The van der Waals surface area contributed by atoms with E-state index >= 15 is 0 Å². The first kappa shape index (κ1) is 13.7. The number of hydrogen-bond acceptors (Lipinski definition) is 1. The van der Waals surface area contributed by atoms with E-state index in [1.807, 2.05) is 43.3 Å². The Balaban J connectivity index is 0.00000133. The van der Waals surface area contributed by atoms with Crippen LogP contribution < -0.4 is 4.98 Å². The first-order chi connectivity index (χ1) is 8.84. The van der Waals surface area contributed by atoms with Crippen LogP contribution in [0.15, 0.2) is 60.7 Å². The largest absolute Gasteiger partial charge is 0.439 e. The molecule has 3 heteroatoms. The minimum Gasteiger partial charge on any atom is -0.439 e. The van der Waals surface area contributed by atoms with Gasteiger partial charge < -0.3 is 9.97 Å². The van der Waals surface area contributed by atoms with Gasteiger partial charge in [0.05, 0.1) is 0 Å². The fourth-order valence-corrected chi connectivity index (χ4v) is 2.05. The van der Waals surface area contributed by atoms with Crippen LogP contribution >= 0.6 is 0 Å². The number of benzene rings is 2. The number of nitrogens with zero attached hydrogens (tertiary/aromatic N) is 2. The van der Waals surface area contributed by atoms with Gasteiger partial charge in [-0.3, -0.25) is 0 Å². The third-order valence-corrected chi connectivity index (χ3v) is 2.87. The van der Waals surface area contributed by atoms with E-state index in [4.69, 9.17) is 0 Å². The van der Waals surface area contributed by atoms with Gasteiger partial charge in [0.2, 0.25) is 0 Å².